The van der Waals surface area contributed by atoms with Gasteiger partial charge >= 0.3 is 0 Å². The van der Waals surface area contributed by atoms with Crippen LogP contribution in [-0.2, 0) is 0 Å². The summed E-state index contributed by atoms with van der Waals surface area (Å²) >= 11 is 0. The van der Waals surface area contributed by atoms with Crippen molar-refractivity contribution in [2.45, 2.75) is 13.1 Å². The molecular formula is C24H18N2Si. The van der Waals surface area contributed by atoms with Crippen molar-refractivity contribution in [3.63, 3.8) is 0 Å². The second-order valence-corrected chi connectivity index (χ2v) is 11.6. The van der Waals surface area contributed by atoms with E-state index < -0.39 is 8.07 Å². The fraction of sp³-hybridized carbons (Fsp3) is 0.0833. The van der Waals surface area contributed by atoms with Gasteiger partial charge in [0.05, 0.1) is 23.3 Å². The van der Waals surface area contributed by atoms with Crippen LogP contribution in [0.4, 0.5) is 0 Å². The molecule has 0 radical (unpaired) electrons. The molecule has 0 atom stereocenters. The molecule has 4 rings (SSSR count). The average molecular weight is 363 g/mol. The Morgan fingerprint density at radius 1 is 0.667 bits per heavy atom. The van der Waals surface area contributed by atoms with Crippen molar-refractivity contribution >= 4 is 24.0 Å². The molecule has 1 aliphatic heterocycles. The molecule has 3 aromatic carbocycles. The Morgan fingerprint density at radius 2 is 1.19 bits per heavy atom. The molecule has 1 heterocycles. The fourth-order valence-electron chi connectivity index (χ4n) is 4.06. The summed E-state index contributed by atoms with van der Waals surface area (Å²) in [6.07, 6.45) is 0. The summed E-state index contributed by atoms with van der Waals surface area (Å²) in [4.78, 5) is 0. The van der Waals surface area contributed by atoms with E-state index in [0.717, 1.165) is 5.56 Å². The summed E-state index contributed by atoms with van der Waals surface area (Å²) < 4.78 is 0. The Hall–Kier alpha value is -3.40. The normalized spacial score (nSPS) is 14.4. The largest absolute Gasteiger partial charge is 0.192 e. The highest BCUT2D eigenvalue weighted by molar-refractivity contribution is 7.08. The highest BCUT2D eigenvalue weighted by atomic mass is 28.3. The lowest BCUT2D eigenvalue weighted by Crippen LogP contribution is -2.40. The summed E-state index contributed by atoms with van der Waals surface area (Å²) in [6, 6.07) is 28.8. The van der Waals surface area contributed by atoms with E-state index in [0.29, 0.717) is 11.1 Å². The molecule has 128 valence electrons. The zero-order valence-corrected chi connectivity index (χ0v) is 16.3. The number of hydrogen-bond donors (Lipinski definition) is 0. The molecule has 2 nitrogen and oxygen atoms in total. The Labute approximate surface area is 160 Å². The quantitative estimate of drug-likeness (QED) is 0.611. The van der Waals surface area contributed by atoms with Gasteiger partial charge in [0.25, 0.3) is 0 Å². The van der Waals surface area contributed by atoms with Crippen LogP contribution in [0.25, 0.3) is 10.8 Å². The van der Waals surface area contributed by atoms with Crippen LogP contribution in [0.3, 0.4) is 0 Å². The third kappa shape index (κ3) is 2.70. The van der Waals surface area contributed by atoms with Crippen molar-refractivity contribution in [3.8, 4) is 12.1 Å². The van der Waals surface area contributed by atoms with E-state index >= 15 is 0 Å². The summed E-state index contributed by atoms with van der Waals surface area (Å²) in [5.74, 6) is 0. The smallest absolute Gasteiger partial charge is 0.114 e. The van der Waals surface area contributed by atoms with Gasteiger partial charge in [-0.05, 0) is 56.9 Å². The predicted octanol–water partition coefficient (Wildman–Crippen LogP) is 4.86. The lowest BCUT2D eigenvalue weighted by molar-refractivity contribution is 1.47. The van der Waals surface area contributed by atoms with Crippen molar-refractivity contribution in [1.82, 2.24) is 0 Å². The number of rotatable bonds is 2. The Bertz CT molecular complexity index is 1140. The maximum Gasteiger partial charge on any atom is 0.114 e. The van der Waals surface area contributed by atoms with Crippen LogP contribution in [0, 0.1) is 22.7 Å². The molecule has 0 fully saturated rings. The molecule has 0 unspecified atom stereocenters. The molecule has 0 N–H and O–H groups in total. The Morgan fingerprint density at radius 3 is 1.74 bits per heavy atom. The molecule has 0 aromatic heterocycles. The molecular weight excluding hydrogens is 344 g/mol. The fourth-order valence-corrected chi connectivity index (χ4v) is 7.51. The number of nitriles is 2. The maximum absolute atomic E-state index is 9.14. The molecule has 3 heteroatoms. The van der Waals surface area contributed by atoms with Crippen molar-refractivity contribution in [3.05, 3.63) is 101 Å². The van der Waals surface area contributed by atoms with E-state index in [-0.39, 0.29) is 0 Å². The lowest BCUT2D eigenvalue weighted by Gasteiger charge is -2.23. The Balaban J connectivity index is 2.01. The van der Waals surface area contributed by atoms with Gasteiger partial charge in [-0.2, -0.15) is 10.5 Å². The summed E-state index contributed by atoms with van der Waals surface area (Å²) in [6.45, 7) is 4.77. The molecule has 27 heavy (non-hydrogen) atoms. The van der Waals surface area contributed by atoms with Gasteiger partial charge in [-0.3, -0.25) is 0 Å². The molecule has 0 saturated carbocycles. The number of fused-ring (bicyclic) bond motifs is 1. The first-order valence-electron chi connectivity index (χ1n) is 8.92. The zero-order valence-electron chi connectivity index (χ0n) is 15.3. The molecule has 0 spiro atoms. The third-order valence-corrected chi connectivity index (χ3v) is 8.92. The van der Waals surface area contributed by atoms with Gasteiger partial charge in [0.1, 0.15) is 8.07 Å². The van der Waals surface area contributed by atoms with E-state index in [2.05, 4.69) is 61.6 Å². The standard InChI is InChI=1S/C24H18N2Si/c1-27(2)22-6-4-3-5-21(22)23(19-11-7-17(15-25)8-12-19)24(27)20-13-9-18(16-26)10-14-20/h3-14H,1-2H3. The summed E-state index contributed by atoms with van der Waals surface area (Å²) in [5, 5.41) is 21.1. The number of benzene rings is 3. The second kappa shape index (κ2) is 6.40. The van der Waals surface area contributed by atoms with Crippen LogP contribution < -0.4 is 5.19 Å². The van der Waals surface area contributed by atoms with E-state index in [4.69, 9.17) is 10.5 Å². The van der Waals surface area contributed by atoms with E-state index in [9.17, 15) is 0 Å². The van der Waals surface area contributed by atoms with E-state index in [1.54, 1.807) is 0 Å². The Kier molecular flexibility index (Phi) is 4.03. The van der Waals surface area contributed by atoms with Crippen molar-refractivity contribution in [2.24, 2.45) is 0 Å². The van der Waals surface area contributed by atoms with Crippen LogP contribution >= 0.6 is 0 Å². The molecule has 1 aliphatic rings. The highest BCUT2D eigenvalue weighted by Gasteiger charge is 2.40. The predicted molar refractivity (Wildman–Crippen MR) is 112 cm³/mol. The summed E-state index contributed by atoms with van der Waals surface area (Å²) in [7, 11) is -1.89. The number of hydrogen-bond acceptors (Lipinski definition) is 2. The molecule has 0 amide bonds. The van der Waals surface area contributed by atoms with Gasteiger partial charge in [0.15, 0.2) is 0 Å². The van der Waals surface area contributed by atoms with Crippen molar-refractivity contribution < 1.29 is 0 Å². The van der Waals surface area contributed by atoms with Crippen LogP contribution in [-0.4, -0.2) is 8.07 Å². The topological polar surface area (TPSA) is 47.6 Å². The minimum Gasteiger partial charge on any atom is -0.192 e. The van der Waals surface area contributed by atoms with Crippen LogP contribution in [0.1, 0.15) is 27.8 Å². The zero-order chi connectivity index (χ0) is 19.0. The lowest BCUT2D eigenvalue weighted by atomic mass is 9.95. The first-order valence-corrected chi connectivity index (χ1v) is 11.9. The second-order valence-electron chi connectivity index (χ2n) is 7.30. The van der Waals surface area contributed by atoms with Gasteiger partial charge in [-0.15, -0.1) is 0 Å². The van der Waals surface area contributed by atoms with Crippen LogP contribution in [0.15, 0.2) is 72.8 Å². The van der Waals surface area contributed by atoms with Crippen LogP contribution in [0.2, 0.25) is 13.1 Å². The van der Waals surface area contributed by atoms with Gasteiger partial charge in [-0.25, -0.2) is 0 Å². The van der Waals surface area contributed by atoms with E-state index in [1.807, 2.05) is 36.4 Å². The molecule has 0 saturated heterocycles. The highest BCUT2D eigenvalue weighted by Crippen LogP contribution is 2.43. The van der Waals surface area contributed by atoms with Gasteiger partial charge < -0.3 is 0 Å². The van der Waals surface area contributed by atoms with E-state index in [1.165, 1.54) is 27.1 Å². The van der Waals surface area contributed by atoms with Gasteiger partial charge in [0, 0.05) is 0 Å². The van der Waals surface area contributed by atoms with Crippen molar-refractivity contribution in [2.75, 3.05) is 0 Å². The average Bonchev–Trinajstić information content (AvgIpc) is 2.95. The number of nitrogens with zero attached hydrogens (tertiary/aromatic N) is 2. The third-order valence-electron chi connectivity index (χ3n) is 5.35. The van der Waals surface area contributed by atoms with Gasteiger partial charge in [0.2, 0.25) is 0 Å². The molecule has 3 aromatic rings. The first-order chi connectivity index (χ1) is 13.1. The van der Waals surface area contributed by atoms with Crippen molar-refractivity contribution in [1.29, 1.82) is 10.5 Å². The van der Waals surface area contributed by atoms with Gasteiger partial charge in [-0.1, -0.05) is 61.6 Å². The monoisotopic (exact) mass is 362 g/mol. The summed E-state index contributed by atoms with van der Waals surface area (Å²) in [5.41, 5.74) is 6.21. The SMILES string of the molecule is C[Si]1(C)C(c2ccc(C#N)cc2)=C(c2ccc(C#N)cc2)c2ccccc21. The maximum atomic E-state index is 9.14. The molecule has 0 bridgehead atoms. The first kappa shape index (κ1) is 17.0. The molecule has 0 aliphatic carbocycles. The van der Waals surface area contributed by atoms with Crippen LogP contribution in [0.5, 0.6) is 0 Å². The minimum absolute atomic E-state index is 0.669. The minimum atomic E-state index is -1.89.